The third-order valence-corrected chi connectivity index (χ3v) is 3.84. The molecule has 0 heterocycles. The monoisotopic (exact) mass is 297 g/mol. The average Bonchev–Trinajstić information content (AvgIpc) is 2.78. The van der Waals surface area contributed by atoms with Crippen LogP contribution >= 0.6 is 11.6 Å². The second-order valence-corrected chi connectivity index (χ2v) is 5.19. The molecule has 1 nitrogen and oxygen atoms in total. The first-order valence-electron chi connectivity index (χ1n) is 6.24. The van der Waals surface area contributed by atoms with Crippen molar-refractivity contribution in [3.05, 3.63) is 63.9 Å². The number of halogens is 4. The summed E-state index contributed by atoms with van der Waals surface area (Å²) in [6.07, 6.45) is 1.23. The molecule has 1 aliphatic carbocycles. The Morgan fingerprint density at radius 2 is 1.90 bits per heavy atom. The molecule has 3 rings (SSSR count). The van der Waals surface area contributed by atoms with Gasteiger partial charge < -0.3 is 5.32 Å². The van der Waals surface area contributed by atoms with Crippen molar-refractivity contribution < 1.29 is 13.2 Å². The molecule has 1 N–H and O–H groups in total. The van der Waals surface area contributed by atoms with Crippen LogP contribution in [0.2, 0.25) is 5.02 Å². The smallest absolute Gasteiger partial charge is 0.150 e. The maximum atomic E-state index is 13.8. The Bertz CT molecular complexity index is 649. The van der Waals surface area contributed by atoms with Crippen LogP contribution in [0.1, 0.15) is 23.6 Å². The van der Waals surface area contributed by atoms with Gasteiger partial charge in [0.15, 0.2) is 5.82 Å². The molecule has 0 radical (unpaired) electrons. The maximum absolute atomic E-state index is 13.8. The molecule has 0 bridgehead atoms. The molecule has 20 heavy (non-hydrogen) atoms. The Balaban J connectivity index is 1.94. The normalized spacial score (nSPS) is 17.1. The molecule has 1 aliphatic rings. The molecule has 0 aromatic heterocycles. The molecule has 1 unspecified atom stereocenters. The highest BCUT2D eigenvalue weighted by molar-refractivity contribution is 6.33. The van der Waals surface area contributed by atoms with E-state index in [4.69, 9.17) is 11.6 Å². The second kappa shape index (κ2) is 5.02. The fourth-order valence-corrected chi connectivity index (χ4v) is 2.86. The summed E-state index contributed by atoms with van der Waals surface area (Å²) in [5.74, 6) is -1.73. The first kappa shape index (κ1) is 13.3. The van der Waals surface area contributed by atoms with Crippen LogP contribution in [0.4, 0.5) is 18.9 Å². The summed E-state index contributed by atoms with van der Waals surface area (Å²) in [6, 6.07) is 6.43. The molecule has 0 fully saturated rings. The van der Waals surface area contributed by atoms with Gasteiger partial charge in [0.05, 0.1) is 16.8 Å². The molecule has 1 atom stereocenters. The van der Waals surface area contributed by atoms with Crippen LogP contribution in [-0.4, -0.2) is 0 Å². The van der Waals surface area contributed by atoms with Gasteiger partial charge in [-0.1, -0.05) is 23.7 Å². The Morgan fingerprint density at radius 1 is 1.10 bits per heavy atom. The van der Waals surface area contributed by atoms with Gasteiger partial charge in [0, 0.05) is 6.07 Å². The largest absolute Gasteiger partial charge is 0.375 e. The quantitative estimate of drug-likeness (QED) is 0.835. The fourth-order valence-electron chi connectivity index (χ4n) is 2.61. The van der Waals surface area contributed by atoms with E-state index in [1.807, 2.05) is 0 Å². The molecule has 0 amide bonds. The zero-order valence-electron chi connectivity index (χ0n) is 10.4. The van der Waals surface area contributed by atoms with E-state index in [2.05, 4.69) is 5.32 Å². The van der Waals surface area contributed by atoms with E-state index in [9.17, 15) is 13.2 Å². The molecule has 2 aromatic carbocycles. The lowest BCUT2D eigenvalue weighted by molar-refractivity contribution is 0.583. The lowest BCUT2D eigenvalue weighted by Gasteiger charge is -2.17. The molecular weight excluding hydrogens is 287 g/mol. The van der Waals surface area contributed by atoms with Gasteiger partial charge in [-0.2, -0.15) is 0 Å². The number of hydrogen-bond acceptors (Lipinski definition) is 1. The molecule has 0 spiro atoms. The van der Waals surface area contributed by atoms with E-state index in [-0.39, 0.29) is 22.6 Å². The maximum Gasteiger partial charge on any atom is 0.150 e. The fraction of sp³-hybridized carbons (Fsp3) is 0.200. The van der Waals surface area contributed by atoms with Gasteiger partial charge >= 0.3 is 0 Å². The Kier molecular flexibility index (Phi) is 3.34. The van der Waals surface area contributed by atoms with Crippen molar-refractivity contribution in [3.8, 4) is 0 Å². The van der Waals surface area contributed by atoms with Crippen LogP contribution < -0.4 is 5.32 Å². The van der Waals surface area contributed by atoms with Crippen molar-refractivity contribution in [2.75, 3.05) is 5.32 Å². The van der Waals surface area contributed by atoms with E-state index < -0.39 is 11.6 Å². The number of nitrogens with one attached hydrogen (secondary N) is 1. The molecule has 104 valence electrons. The van der Waals surface area contributed by atoms with E-state index in [0.717, 1.165) is 17.7 Å². The SMILES string of the molecule is Fc1cc(F)c(NC2CCc3c(F)cccc32)c(Cl)c1. The number of anilines is 1. The van der Waals surface area contributed by atoms with Crippen LogP contribution in [-0.2, 0) is 6.42 Å². The number of rotatable bonds is 2. The Hall–Kier alpha value is -1.68. The van der Waals surface area contributed by atoms with Crippen LogP contribution in [0.25, 0.3) is 0 Å². The zero-order chi connectivity index (χ0) is 14.3. The molecule has 0 aliphatic heterocycles. The Morgan fingerprint density at radius 3 is 2.65 bits per heavy atom. The molecule has 0 saturated carbocycles. The van der Waals surface area contributed by atoms with Gasteiger partial charge in [0.1, 0.15) is 11.6 Å². The third kappa shape index (κ3) is 2.24. The van der Waals surface area contributed by atoms with Gasteiger partial charge in [-0.15, -0.1) is 0 Å². The molecule has 5 heteroatoms. The van der Waals surface area contributed by atoms with Crippen molar-refractivity contribution in [1.82, 2.24) is 0 Å². The molecular formula is C15H11ClF3N. The summed E-state index contributed by atoms with van der Waals surface area (Å²) in [6.45, 7) is 0. The average molecular weight is 298 g/mol. The standard InChI is InChI=1S/C15H11ClF3N/c16-11-6-8(17)7-13(19)15(11)20-14-5-4-9-10(14)2-1-3-12(9)18/h1-3,6-7,14,20H,4-5H2. The highest BCUT2D eigenvalue weighted by Gasteiger charge is 2.26. The van der Waals surface area contributed by atoms with E-state index >= 15 is 0 Å². The van der Waals surface area contributed by atoms with Crippen molar-refractivity contribution in [1.29, 1.82) is 0 Å². The summed E-state index contributed by atoms with van der Waals surface area (Å²) >= 11 is 5.86. The highest BCUT2D eigenvalue weighted by Crippen LogP contribution is 2.37. The summed E-state index contributed by atoms with van der Waals surface area (Å²) in [4.78, 5) is 0. The van der Waals surface area contributed by atoms with Crippen molar-refractivity contribution >= 4 is 17.3 Å². The van der Waals surface area contributed by atoms with Crippen molar-refractivity contribution in [2.24, 2.45) is 0 Å². The van der Waals surface area contributed by atoms with E-state index in [1.54, 1.807) is 12.1 Å². The lowest BCUT2D eigenvalue weighted by Crippen LogP contribution is -2.09. The highest BCUT2D eigenvalue weighted by atomic mass is 35.5. The molecule has 0 saturated heterocycles. The minimum Gasteiger partial charge on any atom is -0.375 e. The van der Waals surface area contributed by atoms with Gasteiger partial charge in [0.25, 0.3) is 0 Å². The second-order valence-electron chi connectivity index (χ2n) is 4.79. The van der Waals surface area contributed by atoms with Crippen molar-refractivity contribution in [2.45, 2.75) is 18.9 Å². The van der Waals surface area contributed by atoms with E-state index in [0.29, 0.717) is 18.4 Å². The topological polar surface area (TPSA) is 12.0 Å². The van der Waals surface area contributed by atoms with Gasteiger partial charge in [-0.3, -0.25) is 0 Å². The summed E-state index contributed by atoms with van der Waals surface area (Å²) in [7, 11) is 0. The van der Waals surface area contributed by atoms with Gasteiger partial charge in [-0.05, 0) is 36.1 Å². The third-order valence-electron chi connectivity index (χ3n) is 3.54. The van der Waals surface area contributed by atoms with Crippen LogP contribution in [0.15, 0.2) is 30.3 Å². The van der Waals surface area contributed by atoms with Crippen LogP contribution in [0.5, 0.6) is 0 Å². The Labute approximate surface area is 119 Å². The number of benzene rings is 2. The molecule has 2 aromatic rings. The number of fused-ring (bicyclic) bond motifs is 1. The predicted molar refractivity (Wildman–Crippen MR) is 72.5 cm³/mol. The first-order valence-corrected chi connectivity index (χ1v) is 6.62. The van der Waals surface area contributed by atoms with Crippen LogP contribution in [0.3, 0.4) is 0 Å². The summed E-state index contributed by atoms with van der Waals surface area (Å²) in [5.41, 5.74) is 1.49. The summed E-state index contributed by atoms with van der Waals surface area (Å²) in [5, 5.41) is 2.93. The minimum absolute atomic E-state index is 0.0210. The van der Waals surface area contributed by atoms with E-state index in [1.165, 1.54) is 6.07 Å². The number of hydrogen-bond donors (Lipinski definition) is 1. The summed E-state index contributed by atoms with van der Waals surface area (Å²) < 4.78 is 40.4. The minimum atomic E-state index is -0.750. The van der Waals surface area contributed by atoms with Crippen LogP contribution in [0, 0.1) is 17.5 Å². The predicted octanol–water partition coefficient (Wildman–Crippen LogP) is 4.86. The first-order chi connectivity index (χ1) is 9.56. The zero-order valence-corrected chi connectivity index (χ0v) is 11.1. The lowest BCUT2D eigenvalue weighted by atomic mass is 10.1. The van der Waals surface area contributed by atoms with Crippen molar-refractivity contribution in [3.63, 3.8) is 0 Å². The van der Waals surface area contributed by atoms with Gasteiger partial charge in [0.2, 0.25) is 0 Å². The van der Waals surface area contributed by atoms with Gasteiger partial charge in [-0.25, -0.2) is 13.2 Å².